The molecular weight excluding hydrogens is 211 g/mol. The van der Waals surface area contributed by atoms with E-state index in [9.17, 15) is 9.18 Å². The zero-order valence-corrected chi connectivity index (χ0v) is 9.31. The summed E-state index contributed by atoms with van der Waals surface area (Å²) in [6.07, 6.45) is -0.163. The van der Waals surface area contributed by atoms with Gasteiger partial charge in [0.05, 0.1) is 12.5 Å². The molecule has 1 aromatic carbocycles. The minimum atomic E-state index is -0.845. The van der Waals surface area contributed by atoms with E-state index in [-0.39, 0.29) is 24.3 Å². The smallest absolute Gasteiger partial charge is 0.303 e. The number of hydrogen-bond donors (Lipinski definition) is 1. The van der Waals surface area contributed by atoms with Gasteiger partial charge in [-0.1, -0.05) is 6.92 Å². The molecule has 2 unspecified atom stereocenters. The van der Waals surface area contributed by atoms with Gasteiger partial charge in [0.1, 0.15) is 11.6 Å². The molecule has 16 heavy (non-hydrogen) atoms. The summed E-state index contributed by atoms with van der Waals surface area (Å²) in [6.45, 7) is 3.61. The number of benzene rings is 1. The van der Waals surface area contributed by atoms with Gasteiger partial charge in [0.15, 0.2) is 0 Å². The van der Waals surface area contributed by atoms with Crippen LogP contribution in [0.15, 0.2) is 24.3 Å². The normalized spacial score (nSPS) is 14.2. The summed E-state index contributed by atoms with van der Waals surface area (Å²) in [5, 5.41) is 8.63. The lowest BCUT2D eigenvalue weighted by Gasteiger charge is -2.20. The minimum Gasteiger partial charge on any atom is -0.490 e. The highest BCUT2D eigenvalue weighted by atomic mass is 19.1. The van der Waals surface area contributed by atoms with Crippen LogP contribution in [0.4, 0.5) is 4.39 Å². The van der Waals surface area contributed by atoms with E-state index in [0.717, 1.165) is 0 Å². The predicted molar refractivity (Wildman–Crippen MR) is 57.9 cm³/mol. The molecule has 0 heterocycles. The molecule has 3 nitrogen and oxygen atoms in total. The van der Waals surface area contributed by atoms with Gasteiger partial charge in [-0.3, -0.25) is 4.79 Å². The molecule has 0 aliphatic heterocycles. The minimum absolute atomic E-state index is 0.0579. The van der Waals surface area contributed by atoms with E-state index >= 15 is 0 Å². The number of ether oxygens (including phenoxy) is 1. The standard InChI is InChI=1S/C12H15FO3/c1-8(7-12(14)15)9(2)16-11-5-3-10(13)4-6-11/h3-6,8-9H,7H2,1-2H3,(H,14,15). The van der Waals surface area contributed by atoms with E-state index in [4.69, 9.17) is 9.84 Å². The first kappa shape index (κ1) is 12.5. The Morgan fingerprint density at radius 1 is 1.38 bits per heavy atom. The van der Waals surface area contributed by atoms with Gasteiger partial charge < -0.3 is 9.84 Å². The molecule has 0 radical (unpaired) electrons. The topological polar surface area (TPSA) is 46.5 Å². The van der Waals surface area contributed by atoms with Crippen LogP contribution in [0.25, 0.3) is 0 Å². The third kappa shape index (κ3) is 3.88. The maximum absolute atomic E-state index is 12.6. The van der Waals surface area contributed by atoms with Crippen LogP contribution in [0, 0.1) is 11.7 Å². The molecule has 0 bridgehead atoms. The van der Waals surface area contributed by atoms with Gasteiger partial charge in [-0.25, -0.2) is 4.39 Å². The van der Waals surface area contributed by atoms with Crippen molar-refractivity contribution in [3.63, 3.8) is 0 Å². The van der Waals surface area contributed by atoms with Gasteiger partial charge in [0.25, 0.3) is 0 Å². The van der Waals surface area contributed by atoms with Crippen molar-refractivity contribution >= 4 is 5.97 Å². The van der Waals surface area contributed by atoms with Crippen LogP contribution in [0.5, 0.6) is 5.75 Å². The summed E-state index contributed by atoms with van der Waals surface area (Å²) in [7, 11) is 0. The van der Waals surface area contributed by atoms with Gasteiger partial charge >= 0.3 is 5.97 Å². The van der Waals surface area contributed by atoms with Crippen molar-refractivity contribution in [3.8, 4) is 5.75 Å². The summed E-state index contributed by atoms with van der Waals surface area (Å²) >= 11 is 0. The van der Waals surface area contributed by atoms with Crippen LogP contribution in [-0.4, -0.2) is 17.2 Å². The van der Waals surface area contributed by atoms with Crippen molar-refractivity contribution in [2.45, 2.75) is 26.4 Å². The Morgan fingerprint density at radius 3 is 2.44 bits per heavy atom. The molecule has 0 aliphatic rings. The van der Waals surface area contributed by atoms with Gasteiger partial charge in [-0.15, -0.1) is 0 Å². The number of carboxylic acids is 1. The fourth-order valence-corrected chi connectivity index (χ4v) is 1.29. The van der Waals surface area contributed by atoms with E-state index in [1.807, 2.05) is 6.92 Å². The molecule has 1 N–H and O–H groups in total. The number of carbonyl (C=O) groups is 1. The summed E-state index contributed by atoms with van der Waals surface area (Å²) in [4.78, 5) is 10.5. The first-order chi connectivity index (χ1) is 7.49. The van der Waals surface area contributed by atoms with Crippen LogP contribution < -0.4 is 4.74 Å². The highest BCUT2D eigenvalue weighted by Gasteiger charge is 2.16. The van der Waals surface area contributed by atoms with Crippen LogP contribution in [0.2, 0.25) is 0 Å². The second-order valence-corrected chi connectivity index (χ2v) is 3.85. The molecule has 0 saturated heterocycles. The molecule has 4 heteroatoms. The van der Waals surface area contributed by atoms with E-state index in [0.29, 0.717) is 5.75 Å². The van der Waals surface area contributed by atoms with Crippen molar-refractivity contribution in [1.29, 1.82) is 0 Å². The molecule has 0 aliphatic carbocycles. The lowest BCUT2D eigenvalue weighted by molar-refractivity contribution is -0.138. The number of hydrogen-bond acceptors (Lipinski definition) is 2. The summed E-state index contributed by atoms with van der Waals surface area (Å²) in [6, 6.07) is 5.67. The molecule has 88 valence electrons. The number of aliphatic carboxylic acids is 1. The van der Waals surface area contributed by atoms with Crippen LogP contribution in [0.3, 0.4) is 0 Å². The SMILES string of the molecule is CC(CC(=O)O)C(C)Oc1ccc(F)cc1. The Morgan fingerprint density at radius 2 is 1.94 bits per heavy atom. The number of carboxylic acid groups (broad SMARTS) is 1. The van der Waals surface area contributed by atoms with Crippen molar-refractivity contribution in [2.75, 3.05) is 0 Å². The Labute approximate surface area is 93.9 Å². The fraction of sp³-hybridized carbons (Fsp3) is 0.417. The number of rotatable bonds is 5. The highest BCUT2D eigenvalue weighted by molar-refractivity contribution is 5.67. The van der Waals surface area contributed by atoms with Crippen molar-refractivity contribution in [1.82, 2.24) is 0 Å². The van der Waals surface area contributed by atoms with E-state index in [2.05, 4.69) is 0 Å². The second-order valence-electron chi connectivity index (χ2n) is 3.85. The third-order valence-electron chi connectivity index (χ3n) is 2.43. The zero-order valence-electron chi connectivity index (χ0n) is 9.31. The molecule has 0 saturated carbocycles. The van der Waals surface area contributed by atoms with E-state index < -0.39 is 5.97 Å². The highest BCUT2D eigenvalue weighted by Crippen LogP contribution is 2.18. The fourth-order valence-electron chi connectivity index (χ4n) is 1.29. The third-order valence-corrected chi connectivity index (χ3v) is 2.43. The van der Waals surface area contributed by atoms with Crippen molar-refractivity contribution < 1.29 is 19.0 Å². The quantitative estimate of drug-likeness (QED) is 0.839. The maximum Gasteiger partial charge on any atom is 0.303 e. The molecular formula is C12H15FO3. The van der Waals surface area contributed by atoms with Gasteiger partial charge in [0.2, 0.25) is 0 Å². The Kier molecular flexibility index (Phi) is 4.28. The molecule has 1 aromatic rings. The molecule has 0 fully saturated rings. The number of halogens is 1. The Hall–Kier alpha value is -1.58. The largest absolute Gasteiger partial charge is 0.490 e. The predicted octanol–water partition coefficient (Wildman–Crippen LogP) is 2.70. The lowest BCUT2D eigenvalue weighted by atomic mass is 10.0. The van der Waals surface area contributed by atoms with Gasteiger partial charge in [-0.2, -0.15) is 0 Å². The average molecular weight is 226 g/mol. The molecule has 1 rings (SSSR count). The second kappa shape index (κ2) is 5.49. The Balaban J connectivity index is 2.53. The first-order valence-corrected chi connectivity index (χ1v) is 5.13. The first-order valence-electron chi connectivity index (χ1n) is 5.13. The molecule has 0 amide bonds. The van der Waals surface area contributed by atoms with Gasteiger partial charge in [-0.05, 0) is 31.2 Å². The molecule has 0 spiro atoms. The average Bonchev–Trinajstić information content (AvgIpc) is 2.20. The maximum atomic E-state index is 12.6. The summed E-state index contributed by atoms with van der Waals surface area (Å²) in [5.74, 6) is -0.714. The monoisotopic (exact) mass is 226 g/mol. The summed E-state index contributed by atoms with van der Waals surface area (Å²) in [5.41, 5.74) is 0. The van der Waals surface area contributed by atoms with Crippen LogP contribution >= 0.6 is 0 Å². The lowest BCUT2D eigenvalue weighted by Crippen LogP contribution is -2.23. The van der Waals surface area contributed by atoms with Crippen molar-refractivity contribution in [3.05, 3.63) is 30.1 Å². The molecule has 0 aromatic heterocycles. The van der Waals surface area contributed by atoms with Gasteiger partial charge in [0, 0.05) is 5.92 Å². The van der Waals surface area contributed by atoms with Crippen molar-refractivity contribution in [2.24, 2.45) is 5.92 Å². The zero-order chi connectivity index (χ0) is 12.1. The molecule has 2 atom stereocenters. The van der Waals surface area contributed by atoms with Crippen LogP contribution in [0.1, 0.15) is 20.3 Å². The Bertz CT molecular complexity index is 348. The van der Waals surface area contributed by atoms with Crippen LogP contribution in [-0.2, 0) is 4.79 Å². The van der Waals surface area contributed by atoms with E-state index in [1.54, 1.807) is 6.92 Å². The van der Waals surface area contributed by atoms with E-state index in [1.165, 1.54) is 24.3 Å². The summed E-state index contributed by atoms with van der Waals surface area (Å²) < 4.78 is 18.1.